The van der Waals surface area contributed by atoms with Gasteiger partial charge in [0.2, 0.25) is 0 Å². The topological polar surface area (TPSA) is 21.3 Å². The molecule has 0 amide bonds. The van der Waals surface area contributed by atoms with Gasteiger partial charge in [0.15, 0.2) is 0 Å². The smallest absolute Gasteiger partial charge is 0.378 e. The fourth-order valence-corrected chi connectivity index (χ4v) is 3.87. The van der Waals surface area contributed by atoms with E-state index in [2.05, 4.69) is 5.32 Å². The van der Waals surface area contributed by atoms with Crippen LogP contribution in [0.2, 0.25) is 0 Å². The molecule has 0 heterocycles. The Labute approximate surface area is 113 Å². The highest BCUT2D eigenvalue weighted by molar-refractivity contribution is 5.10. The Balaban J connectivity index is 1.91. The summed E-state index contributed by atoms with van der Waals surface area (Å²) < 4.78 is 42.9. The molecule has 0 radical (unpaired) electrons. The molecule has 2 fully saturated rings. The molecule has 0 aliphatic heterocycles. The first-order chi connectivity index (χ1) is 8.87. The van der Waals surface area contributed by atoms with E-state index in [9.17, 15) is 13.2 Å². The Bertz CT molecular complexity index is 300. The number of rotatable bonds is 5. The molecule has 3 atom stereocenters. The fraction of sp³-hybridized carbons (Fsp3) is 1.00. The highest BCUT2D eigenvalue weighted by atomic mass is 19.4. The zero-order valence-corrected chi connectivity index (χ0v) is 11.7. The number of nitrogens with one attached hydrogen (secondary N) is 1. The summed E-state index contributed by atoms with van der Waals surface area (Å²) in [7, 11) is 0. The summed E-state index contributed by atoms with van der Waals surface area (Å²) >= 11 is 0. The molecule has 0 saturated heterocycles. The summed E-state index contributed by atoms with van der Waals surface area (Å²) in [6, 6.07) is -0.311. The van der Waals surface area contributed by atoms with Crippen LogP contribution in [0.1, 0.15) is 52.4 Å². The van der Waals surface area contributed by atoms with Gasteiger partial charge in [0.05, 0.1) is 12.5 Å². The molecule has 1 N–H and O–H groups in total. The predicted octanol–water partition coefficient (Wildman–Crippen LogP) is 3.65. The van der Waals surface area contributed by atoms with Crippen molar-refractivity contribution in [2.45, 2.75) is 76.7 Å². The highest BCUT2D eigenvalue weighted by Crippen LogP contribution is 2.54. The normalized spacial score (nSPS) is 31.4. The molecule has 2 aliphatic rings. The van der Waals surface area contributed by atoms with Crippen molar-refractivity contribution in [3.05, 3.63) is 0 Å². The molecular weight excluding hydrogens is 255 g/mol. The largest absolute Gasteiger partial charge is 0.390 e. The molecule has 2 aliphatic carbocycles. The van der Waals surface area contributed by atoms with Gasteiger partial charge in [0.1, 0.15) is 0 Å². The maximum absolute atomic E-state index is 12.4. The molecule has 3 unspecified atom stereocenters. The Hall–Kier alpha value is -0.290. The lowest BCUT2D eigenvalue weighted by atomic mass is 9.60. The average Bonchev–Trinajstić information content (AvgIpc) is 2.77. The summed E-state index contributed by atoms with van der Waals surface area (Å²) in [4.78, 5) is 0. The van der Waals surface area contributed by atoms with Crippen molar-refractivity contribution in [2.24, 2.45) is 5.41 Å². The zero-order valence-electron chi connectivity index (χ0n) is 11.7. The van der Waals surface area contributed by atoms with Crippen LogP contribution in [-0.2, 0) is 4.74 Å². The lowest BCUT2D eigenvalue weighted by molar-refractivity contribution is -0.151. The van der Waals surface area contributed by atoms with Gasteiger partial charge in [-0.15, -0.1) is 0 Å². The van der Waals surface area contributed by atoms with Crippen LogP contribution in [0.25, 0.3) is 0 Å². The molecular formula is C14H24F3NO. The number of alkyl halides is 3. The first-order valence-corrected chi connectivity index (χ1v) is 7.32. The molecule has 112 valence electrons. The van der Waals surface area contributed by atoms with Crippen LogP contribution in [0.4, 0.5) is 13.2 Å². The maximum atomic E-state index is 12.4. The van der Waals surface area contributed by atoms with Gasteiger partial charge in [0, 0.05) is 24.1 Å². The van der Waals surface area contributed by atoms with E-state index in [1.807, 2.05) is 6.92 Å². The summed E-state index contributed by atoms with van der Waals surface area (Å²) in [6.07, 6.45) is 0.802. The first kappa shape index (κ1) is 15.1. The van der Waals surface area contributed by atoms with E-state index >= 15 is 0 Å². The van der Waals surface area contributed by atoms with Gasteiger partial charge in [-0.05, 0) is 33.1 Å². The van der Waals surface area contributed by atoms with E-state index in [1.54, 1.807) is 6.92 Å². The standard InChI is InChI=1S/C14H24F3NO/c1-3-19-12-8-11(13(12)6-4-5-7-13)18-10(2)9-14(15,16)17/h10-12,18H,3-9H2,1-2H3. The van der Waals surface area contributed by atoms with Crippen molar-refractivity contribution in [2.75, 3.05) is 6.61 Å². The molecule has 1 spiro atoms. The minimum absolute atomic E-state index is 0.107. The van der Waals surface area contributed by atoms with Gasteiger partial charge >= 0.3 is 6.18 Å². The van der Waals surface area contributed by atoms with Crippen molar-refractivity contribution < 1.29 is 17.9 Å². The van der Waals surface area contributed by atoms with Crippen LogP contribution in [0.5, 0.6) is 0 Å². The SMILES string of the molecule is CCOC1CC(NC(C)CC(F)(F)F)C12CCCC2. The van der Waals surface area contributed by atoms with Gasteiger partial charge in [-0.25, -0.2) is 0 Å². The predicted molar refractivity (Wildman–Crippen MR) is 68.0 cm³/mol. The monoisotopic (exact) mass is 279 g/mol. The molecule has 0 aromatic carbocycles. The van der Waals surface area contributed by atoms with Crippen molar-refractivity contribution in [1.29, 1.82) is 0 Å². The third-order valence-corrected chi connectivity index (χ3v) is 4.71. The van der Waals surface area contributed by atoms with E-state index in [1.165, 1.54) is 12.8 Å². The summed E-state index contributed by atoms with van der Waals surface area (Å²) in [6.45, 7) is 4.30. The van der Waals surface area contributed by atoms with Crippen LogP contribution in [0.15, 0.2) is 0 Å². The third kappa shape index (κ3) is 3.24. The molecule has 2 saturated carbocycles. The minimum atomic E-state index is -4.08. The third-order valence-electron chi connectivity index (χ3n) is 4.71. The van der Waals surface area contributed by atoms with E-state index in [4.69, 9.17) is 4.74 Å². The lowest BCUT2D eigenvalue weighted by Gasteiger charge is -2.55. The van der Waals surface area contributed by atoms with E-state index in [0.717, 1.165) is 19.3 Å². The average molecular weight is 279 g/mol. The quantitative estimate of drug-likeness (QED) is 0.829. The van der Waals surface area contributed by atoms with Crippen LogP contribution in [0.3, 0.4) is 0 Å². The first-order valence-electron chi connectivity index (χ1n) is 7.32. The van der Waals surface area contributed by atoms with Crippen LogP contribution < -0.4 is 5.32 Å². The van der Waals surface area contributed by atoms with Gasteiger partial charge < -0.3 is 10.1 Å². The highest BCUT2D eigenvalue weighted by Gasteiger charge is 2.56. The van der Waals surface area contributed by atoms with Crippen LogP contribution in [0, 0.1) is 5.41 Å². The second-order valence-electron chi connectivity index (χ2n) is 6.06. The van der Waals surface area contributed by atoms with Gasteiger partial charge in [-0.1, -0.05) is 12.8 Å². The second kappa shape index (κ2) is 5.60. The van der Waals surface area contributed by atoms with Gasteiger partial charge in [0.25, 0.3) is 0 Å². The van der Waals surface area contributed by atoms with Gasteiger partial charge in [-0.2, -0.15) is 13.2 Å². The zero-order chi connectivity index (χ0) is 14.1. The number of ether oxygens (including phenoxy) is 1. The molecule has 0 aromatic rings. The summed E-state index contributed by atoms with van der Waals surface area (Å²) in [5.74, 6) is 0. The van der Waals surface area contributed by atoms with Gasteiger partial charge in [-0.3, -0.25) is 0 Å². The molecule has 5 heteroatoms. The number of hydrogen-bond donors (Lipinski definition) is 1. The fourth-order valence-electron chi connectivity index (χ4n) is 3.87. The van der Waals surface area contributed by atoms with Crippen molar-refractivity contribution >= 4 is 0 Å². The lowest BCUT2D eigenvalue weighted by Crippen LogP contribution is -2.64. The maximum Gasteiger partial charge on any atom is 0.390 e. The van der Waals surface area contributed by atoms with Crippen molar-refractivity contribution in [1.82, 2.24) is 5.32 Å². The van der Waals surface area contributed by atoms with Crippen LogP contribution in [-0.4, -0.2) is 31.0 Å². The molecule has 2 rings (SSSR count). The Morgan fingerprint density at radius 3 is 2.47 bits per heavy atom. The van der Waals surface area contributed by atoms with E-state index in [-0.39, 0.29) is 17.6 Å². The van der Waals surface area contributed by atoms with Crippen LogP contribution >= 0.6 is 0 Å². The second-order valence-corrected chi connectivity index (χ2v) is 6.06. The molecule has 0 bridgehead atoms. The minimum Gasteiger partial charge on any atom is -0.378 e. The summed E-state index contributed by atoms with van der Waals surface area (Å²) in [5, 5.41) is 3.19. The number of hydrogen-bond acceptors (Lipinski definition) is 2. The Morgan fingerprint density at radius 1 is 1.32 bits per heavy atom. The van der Waals surface area contributed by atoms with E-state index < -0.39 is 18.6 Å². The Morgan fingerprint density at radius 2 is 1.95 bits per heavy atom. The van der Waals surface area contributed by atoms with E-state index in [0.29, 0.717) is 6.61 Å². The molecule has 0 aromatic heterocycles. The van der Waals surface area contributed by atoms with Crippen molar-refractivity contribution in [3.8, 4) is 0 Å². The summed E-state index contributed by atoms with van der Waals surface area (Å²) in [5.41, 5.74) is 0.107. The Kier molecular flexibility index (Phi) is 4.45. The van der Waals surface area contributed by atoms with Crippen molar-refractivity contribution in [3.63, 3.8) is 0 Å². The number of halogens is 3. The molecule has 2 nitrogen and oxygen atoms in total. The molecule has 19 heavy (non-hydrogen) atoms.